The largest absolute Gasteiger partial charge is 0.422 e. The summed E-state index contributed by atoms with van der Waals surface area (Å²) in [7, 11) is 0. The van der Waals surface area contributed by atoms with E-state index in [2.05, 4.69) is 29.2 Å². The standard InChI is InChI=1S/C24BF20.C24H25N2O2/c26-5-1(6(27)14(35)21(42)13(5)34)25(2-7(28)15(36)22(43)16(37)8(2)29,3-9(30)17(38)23(44)18(39)10(3)31)4-11(32)19(40)24(45)20(41)12(4)33;27-24(23-18-26(16-15-25-23)17-19-7-3-1-4-8-19)28-22-13-11-21(12-14-22)20-9-5-2-6-10-20/h;1,3-4,7-8,11-16,18,20H,2,5-6,9-10,17H2/q-1;+1. The second-order valence-electron chi connectivity index (χ2n) is 16.2. The Morgan fingerprint density at radius 1 is 0.466 bits per heavy atom. The van der Waals surface area contributed by atoms with E-state index in [-0.39, 0.29) is 0 Å². The third-order valence-corrected chi connectivity index (χ3v) is 12.1. The molecule has 7 aromatic rings. The highest BCUT2D eigenvalue weighted by Gasteiger charge is 2.52. The number of ether oxygens (including phenoxy) is 1. The molecule has 0 bridgehead atoms. The van der Waals surface area contributed by atoms with Crippen LogP contribution in [0.5, 0.6) is 5.75 Å². The maximum absolute atomic E-state index is 15.4. The number of nitrogens with zero attached hydrogens (tertiary/aromatic N) is 2. The average molecular weight is 1050 g/mol. The lowest BCUT2D eigenvalue weighted by atomic mass is 9.12. The highest BCUT2D eigenvalue weighted by molar-refractivity contribution is 7.20. The number of aromatic nitrogens is 2. The summed E-state index contributed by atoms with van der Waals surface area (Å²) in [6.45, 7) is 0.680. The molecule has 25 heteroatoms. The molecule has 0 aliphatic heterocycles. The second-order valence-corrected chi connectivity index (χ2v) is 16.2. The Morgan fingerprint density at radius 2 is 0.808 bits per heavy atom. The van der Waals surface area contributed by atoms with Crippen LogP contribution < -0.4 is 31.2 Å². The van der Waals surface area contributed by atoms with Crippen molar-refractivity contribution >= 4 is 34.0 Å². The number of hydrogen-bond donors (Lipinski definition) is 0. The van der Waals surface area contributed by atoms with Gasteiger partial charge in [0.25, 0.3) is 0 Å². The number of benzene rings is 6. The van der Waals surface area contributed by atoms with Crippen LogP contribution in [0.3, 0.4) is 0 Å². The predicted molar refractivity (Wildman–Crippen MR) is 216 cm³/mol. The lowest BCUT2D eigenvalue weighted by molar-refractivity contribution is -0.689. The van der Waals surface area contributed by atoms with Crippen molar-refractivity contribution in [2.75, 3.05) is 0 Å². The molecule has 1 aliphatic carbocycles. The minimum absolute atomic E-state index is 0.301. The van der Waals surface area contributed by atoms with E-state index in [1.165, 1.54) is 37.7 Å². The first-order chi connectivity index (χ1) is 34.5. The fraction of sp³-hybridized carbons (Fsp3) is 0.146. The molecule has 1 aliphatic rings. The summed E-state index contributed by atoms with van der Waals surface area (Å²) in [5, 5.41) is 0. The first-order valence-electron chi connectivity index (χ1n) is 20.9. The molecule has 0 spiro atoms. The summed E-state index contributed by atoms with van der Waals surface area (Å²) >= 11 is 0. The number of esters is 1. The van der Waals surface area contributed by atoms with Crippen LogP contribution in [0.2, 0.25) is 0 Å². The molecule has 382 valence electrons. The summed E-state index contributed by atoms with van der Waals surface area (Å²) < 4.78 is 301. The minimum atomic E-state index is -7.22. The molecular weight excluding hydrogens is 1030 g/mol. The smallest absolute Gasteiger partial charge is 0.368 e. The van der Waals surface area contributed by atoms with Crippen LogP contribution in [-0.2, 0) is 6.54 Å². The molecule has 0 radical (unpaired) electrons. The number of hydrogen-bond acceptors (Lipinski definition) is 3. The van der Waals surface area contributed by atoms with E-state index in [1.807, 2.05) is 41.1 Å². The first kappa shape index (κ1) is 53.3. The lowest BCUT2D eigenvalue weighted by Gasteiger charge is -2.44. The molecule has 1 heterocycles. The molecule has 0 saturated heterocycles. The van der Waals surface area contributed by atoms with Gasteiger partial charge < -0.3 is 4.74 Å². The van der Waals surface area contributed by atoms with Gasteiger partial charge in [0, 0.05) is 5.56 Å². The molecule has 1 fully saturated rings. The summed E-state index contributed by atoms with van der Waals surface area (Å²) in [6.07, 6.45) is 4.48. The van der Waals surface area contributed by atoms with E-state index in [1.54, 1.807) is 12.4 Å². The van der Waals surface area contributed by atoms with Crippen LogP contribution in [0.25, 0.3) is 0 Å². The van der Waals surface area contributed by atoms with Crippen molar-refractivity contribution in [1.82, 2.24) is 4.98 Å². The molecular formula is C48H25BF20N2O2. The first-order valence-corrected chi connectivity index (χ1v) is 20.9. The van der Waals surface area contributed by atoms with Gasteiger partial charge in [0.1, 0.15) is 58.4 Å². The van der Waals surface area contributed by atoms with Gasteiger partial charge in [-0.15, -0.1) is 21.9 Å². The fourth-order valence-corrected chi connectivity index (χ4v) is 8.71. The zero-order valence-corrected chi connectivity index (χ0v) is 36.1. The Bertz CT molecular complexity index is 2920. The molecule has 1 saturated carbocycles. The summed E-state index contributed by atoms with van der Waals surface area (Å²) in [4.78, 5) is 16.7. The highest BCUT2D eigenvalue weighted by atomic mass is 19.2. The Balaban J connectivity index is 0.000000237. The molecule has 0 N–H and O–H groups in total. The van der Waals surface area contributed by atoms with Gasteiger partial charge in [-0.25, -0.2) is 97.6 Å². The van der Waals surface area contributed by atoms with Crippen molar-refractivity contribution in [1.29, 1.82) is 0 Å². The van der Waals surface area contributed by atoms with Crippen molar-refractivity contribution in [3.63, 3.8) is 0 Å². The third kappa shape index (κ3) is 9.32. The SMILES string of the molecule is Fc1c(F)c(F)c([B-](c2c(F)c(F)c(F)c(F)c2F)(c2c(F)c(F)c(F)c(F)c2F)c2c(F)c(F)c(F)c(F)c2F)c(F)c1F.O=C(Oc1ccc(C2CCCCC2)cc1)c1c[n+](Cc2ccccc2)ccn1. The summed E-state index contributed by atoms with van der Waals surface area (Å²) in [5.74, 6) is -70.6. The Labute approximate surface area is 397 Å². The van der Waals surface area contributed by atoms with E-state index >= 15 is 35.1 Å². The van der Waals surface area contributed by atoms with Crippen LogP contribution in [0.4, 0.5) is 87.8 Å². The van der Waals surface area contributed by atoms with Gasteiger partial charge in [-0.05, 0) is 36.5 Å². The van der Waals surface area contributed by atoms with Crippen LogP contribution in [-0.4, -0.2) is 17.1 Å². The molecule has 6 aromatic carbocycles. The number of carbonyl (C=O) groups is 1. The quantitative estimate of drug-likeness (QED) is 0.0275. The van der Waals surface area contributed by atoms with Gasteiger partial charge in [0.2, 0.25) is 11.9 Å². The molecule has 4 nitrogen and oxygen atoms in total. The molecule has 0 unspecified atom stereocenters. The third-order valence-electron chi connectivity index (χ3n) is 12.1. The van der Waals surface area contributed by atoms with Crippen molar-refractivity contribution in [3.05, 3.63) is 206 Å². The van der Waals surface area contributed by atoms with E-state index in [9.17, 15) is 57.5 Å². The number of rotatable bonds is 9. The minimum Gasteiger partial charge on any atom is -0.422 e. The lowest BCUT2D eigenvalue weighted by Crippen LogP contribution is -2.81. The number of halogens is 20. The zero-order chi connectivity index (χ0) is 53.5. The zero-order valence-electron chi connectivity index (χ0n) is 36.1. The number of carbonyl (C=O) groups excluding carboxylic acids is 1. The van der Waals surface area contributed by atoms with Crippen molar-refractivity contribution < 1.29 is 102 Å². The molecule has 1 aromatic heterocycles. The Hall–Kier alpha value is -7.47. The highest BCUT2D eigenvalue weighted by Crippen LogP contribution is 2.34. The maximum Gasteiger partial charge on any atom is 0.368 e. The van der Waals surface area contributed by atoms with Crippen molar-refractivity contribution in [3.8, 4) is 5.75 Å². The summed E-state index contributed by atoms with van der Waals surface area (Å²) in [5.41, 5.74) is -11.5. The van der Waals surface area contributed by atoms with Gasteiger partial charge in [0.05, 0.1) is 6.20 Å². The van der Waals surface area contributed by atoms with Gasteiger partial charge >= 0.3 is 5.97 Å². The van der Waals surface area contributed by atoms with Crippen LogP contribution >= 0.6 is 0 Å². The Kier molecular flexibility index (Phi) is 15.3. The Morgan fingerprint density at radius 3 is 1.16 bits per heavy atom. The van der Waals surface area contributed by atoms with E-state index in [0.29, 0.717) is 23.9 Å². The second kappa shape index (κ2) is 20.9. The van der Waals surface area contributed by atoms with E-state index in [4.69, 9.17) is 4.74 Å². The van der Waals surface area contributed by atoms with Crippen LogP contribution in [0.1, 0.15) is 59.6 Å². The molecule has 8 rings (SSSR count). The monoisotopic (exact) mass is 1050 g/mol. The van der Waals surface area contributed by atoms with Gasteiger partial charge in [0.15, 0.2) is 82.5 Å². The fourth-order valence-electron chi connectivity index (χ4n) is 8.71. The van der Waals surface area contributed by atoms with Gasteiger partial charge in [-0.2, -0.15) is 4.57 Å². The molecule has 0 atom stereocenters. The average Bonchev–Trinajstić information content (AvgIpc) is 3.39. The summed E-state index contributed by atoms with van der Waals surface area (Å²) in [6, 6.07) is 18.1. The molecule has 0 amide bonds. The van der Waals surface area contributed by atoms with Gasteiger partial charge in [-0.3, -0.25) is 0 Å². The topological polar surface area (TPSA) is 43.1 Å². The maximum atomic E-state index is 15.4. The van der Waals surface area contributed by atoms with E-state index < -0.39 is 150 Å². The van der Waals surface area contributed by atoms with Gasteiger partial charge in [-0.1, -0.05) is 61.7 Å². The predicted octanol–water partition coefficient (Wildman–Crippen LogP) is 10.5. The van der Waals surface area contributed by atoms with Crippen molar-refractivity contribution in [2.45, 2.75) is 44.6 Å². The van der Waals surface area contributed by atoms with Crippen LogP contribution in [0, 0.1) is 116 Å². The van der Waals surface area contributed by atoms with E-state index in [0.717, 1.165) is 5.56 Å². The van der Waals surface area contributed by atoms with Crippen molar-refractivity contribution in [2.24, 2.45) is 0 Å². The molecule has 73 heavy (non-hydrogen) atoms. The van der Waals surface area contributed by atoms with Crippen LogP contribution in [0.15, 0.2) is 73.2 Å². The normalized spacial score (nSPS) is 13.0.